The van der Waals surface area contributed by atoms with E-state index in [0.29, 0.717) is 0 Å². The van der Waals surface area contributed by atoms with Crippen LogP contribution in [0.2, 0.25) is 0 Å². The van der Waals surface area contributed by atoms with E-state index in [-0.39, 0.29) is 6.54 Å². The molecule has 22 heteroatoms. The molecular formula is C18H24N3O16P3. The molecule has 1 aliphatic rings. The Morgan fingerprint density at radius 3 is 2.33 bits per heavy atom. The molecule has 3 rings (SSSR count). The lowest BCUT2D eigenvalue weighted by Gasteiger charge is -2.20. The number of ether oxygens (including phenoxy) is 2. The predicted molar refractivity (Wildman–Crippen MR) is 129 cm³/mol. The Kier molecular flexibility index (Phi) is 10.2. The smallest absolute Gasteiger partial charge is 0.387 e. The average Bonchev–Trinajstić information content (AvgIpc) is 3.14. The summed E-state index contributed by atoms with van der Waals surface area (Å²) in [5.74, 6) is -0.851. The molecular weight excluding hydrogens is 607 g/mol. The number of carbonyl (C=O) groups excluding carboxylic acids is 1. The number of aliphatic hydroxyl groups is 1. The van der Waals surface area contributed by atoms with Crippen molar-refractivity contribution in [3.63, 3.8) is 0 Å². The Morgan fingerprint density at radius 1 is 1.07 bits per heavy atom. The van der Waals surface area contributed by atoms with Gasteiger partial charge in [0, 0.05) is 19.9 Å². The lowest BCUT2D eigenvalue weighted by molar-refractivity contribution is -0.0620. The highest BCUT2D eigenvalue weighted by molar-refractivity contribution is 7.66. The number of carbonyl (C=O) groups is 1. The van der Waals surface area contributed by atoms with E-state index in [0.717, 1.165) is 23.4 Å². The zero-order chi connectivity index (χ0) is 29.9. The molecule has 2 aromatic rings. The van der Waals surface area contributed by atoms with Gasteiger partial charge < -0.3 is 39.5 Å². The molecule has 19 nitrogen and oxygen atoms in total. The van der Waals surface area contributed by atoms with Crippen LogP contribution < -0.4 is 16.6 Å². The third kappa shape index (κ3) is 8.58. The van der Waals surface area contributed by atoms with Crippen molar-refractivity contribution in [3.8, 4) is 0 Å². The summed E-state index contributed by atoms with van der Waals surface area (Å²) < 4.78 is 57.2. The first kappa shape index (κ1) is 32.2. The lowest BCUT2D eigenvalue weighted by atomic mass is 10.1. The zero-order valence-corrected chi connectivity index (χ0v) is 22.9. The van der Waals surface area contributed by atoms with Gasteiger partial charge in [-0.15, -0.1) is 0 Å². The number of aromatic nitrogens is 2. The number of nitrogens with zero attached hydrogens (tertiary/aromatic N) is 1. The number of nitrogens with one attached hydrogen (secondary N) is 2. The summed E-state index contributed by atoms with van der Waals surface area (Å²) in [6.07, 6.45) is -5.31. The second-order valence-corrected chi connectivity index (χ2v) is 12.4. The third-order valence-electron chi connectivity index (χ3n) is 5.19. The molecule has 0 bridgehead atoms. The van der Waals surface area contributed by atoms with Gasteiger partial charge in [-0.05, 0) is 5.56 Å². The summed E-state index contributed by atoms with van der Waals surface area (Å²) in [5.41, 5.74) is -1.87. The molecule has 1 aromatic carbocycles. The van der Waals surface area contributed by atoms with Crippen LogP contribution in [0.15, 0.2) is 46.1 Å². The Morgan fingerprint density at radius 2 is 1.73 bits per heavy atom. The third-order valence-corrected chi connectivity index (χ3v) is 8.99. The normalized spacial score (nSPS) is 24.2. The molecule has 222 valence electrons. The Hall–Kier alpha value is -2.34. The van der Waals surface area contributed by atoms with Gasteiger partial charge in [0.15, 0.2) is 6.23 Å². The number of amides is 1. The van der Waals surface area contributed by atoms with E-state index < -0.39 is 77.3 Å². The topological polar surface area (TPSA) is 282 Å². The average molecular weight is 631 g/mol. The van der Waals surface area contributed by atoms with E-state index in [9.17, 15) is 43.0 Å². The van der Waals surface area contributed by atoms with E-state index in [1.807, 2.05) is 4.98 Å². The molecule has 1 saturated heterocycles. The minimum Gasteiger partial charge on any atom is -0.387 e. The number of hydrogen-bond acceptors (Lipinski definition) is 12. The molecule has 6 atom stereocenters. The maximum Gasteiger partial charge on any atom is 0.490 e. The summed E-state index contributed by atoms with van der Waals surface area (Å²) in [6, 6.07) is 8.70. The van der Waals surface area contributed by atoms with Gasteiger partial charge in [-0.2, -0.15) is 8.62 Å². The van der Waals surface area contributed by atoms with Crippen LogP contribution >= 0.6 is 23.5 Å². The van der Waals surface area contributed by atoms with Crippen molar-refractivity contribution in [2.24, 2.45) is 0 Å². The zero-order valence-electron chi connectivity index (χ0n) is 20.2. The lowest BCUT2D eigenvalue weighted by Crippen LogP contribution is -2.41. The van der Waals surface area contributed by atoms with Gasteiger partial charge in [-0.3, -0.25) is 23.7 Å². The first-order chi connectivity index (χ1) is 18.5. The minimum absolute atomic E-state index is 0.0558. The summed E-state index contributed by atoms with van der Waals surface area (Å²) in [7, 11) is -15.8. The highest BCUT2D eigenvalue weighted by atomic mass is 31.3. The Bertz CT molecular complexity index is 1470. The number of aromatic amines is 1. The van der Waals surface area contributed by atoms with Gasteiger partial charge >= 0.3 is 29.2 Å². The van der Waals surface area contributed by atoms with Crippen LogP contribution in [0.25, 0.3) is 0 Å². The molecule has 7 N–H and O–H groups in total. The van der Waals surface area contributed by atoms with Gasteiger partial charge in [-0.1, -0.05) is 30.3 Å². The molecule has 0 aliphatic carbocycles. The number of H-pyrrole nitrogens is 1. The number of methoxy groups -OCH3 is 1. The molecule has 1 amide bonds. The highest BCUT2D eigenvalue weighted by Gasteiger charge is 2.48. The van der Waals surface area contributed by atoms with Crippen molar-refractivity contribution in [2.75, 3.05) is 13.7 Å². The standard InChI is InChI=1S/C18H24N3O16P3/c1-33-14-13(22)12(9-34-39(29,30)37-40(31,32)36-38(26,27)28)35-17(14)21-8-11(16(24)20-18(21)25)15(23)19-7-10-5-3-2-4-6-10/h2-6,8,12-14,17,22H,7,9H2,1H3,(H,19,23)(H,29,30)(H,31,32)(H,20,24,25)(H2,26,27,28). The molecule has 1 aliphatic heterocycles. The number of hydrogen-bond donors (Lipinski definition) is 7. The van der Waals surface area contributed by atoms with Crippen LogP contribution in [0.4, 0.5) is 0 Å². The molecule has 40 heavy (non-hydrogen) atoms. The molecule has 0 spiro atoms. The molecule has 1 fully saturated rings. The van der Waals surface area contributed by atoms with E-state index in [1.165, 1.54) is 0 Å². The first-order valence-corrected chi connectivity index (χ1v) is 15.4. The second-order valence-electron chi connectivity index (χ2n) is 8.02. The van der Waals surface area contributed by atoms with Crippen molar-refractivity contribution < 1.29 is 65.8 Å². The van der Waals surface area contributed by atoms with Crippen LogP contribution in [0, 0.1) is 0 Å². The van der Waals surface area contributed by atoms with E-state index in [1.54, 1.807) is 30.3 Å². The van der Waals surface area contributed by atoms with Crippen LogP contribution in [0.3, 0.4) is 0 Å². The van der Waals surface area contributed by atoms with E-state index in [2.05, 4.69) is 18.5 Å². The monoisotopic (exact) mass is 631 g/mol. The van der Waals surface area contributed by atoms with Gasteiger partial charge in [-0.25, -0.2) is 18.5 Å². The number of phosphoric acid groups is 3. The SMILES string of the molecule is COC1C(O)C(COP(=O)(O)OP(=O)(O)OP(=O)(O)O)OC1n1cc(C(=O)NCc2ccccc2)c(=O)[nH]c1=O. The van der Waals surface area contributed by atoms with Crippen LogP contribution in [-0.4, -0.2) is 72.2 Å². The fourth-order valence-corrected chi connectivity index (χ4v) is 6.55. The summed E-state index contributed by atoms with van der Waals surface area (Å²) in [4.78, 5) is 75.5. The fraction of sp³-hybridized carbons (Fsp3) is 0.389. The Balaban J connectivity index is 1.76. The van der Waals surface area contributed by atoms with Crippen molar-refractivity contribution in [1.29, 1.82) is 0 Å². The van der Waals surface area contributed by atoms with Gasteiger partial charge in [0.2, 0.25) is 0 Å². The Labute approximate surface area is 223 Å². The summed E-state index contributed by atoms with van der Waals surface area (Å²) in [6.45, 7) is -0.996. The minimum atomic E-state index is -5.79. The van der Waals surface area contributed by atoms with Crippen molar-refractivity contribution >= 4 is 29.4 Å². The van der Waals surface area contributed by atoms with E-state index >= 15 is 0 Å². The maximum atomic E-state index is 12.6. The quantitative estimate of drug-likeness (QED) is 0.139. The second kappa shape index (κ2) is 12.7. The molecule has 6 unspecified atom stereocenters. The first-order valence-electron chi connectivity index (χ1n) is 10.8. The number of rotatable bonds is 12. The van der Waals surface area contributed by atoms with Gasteiger partial charge in [0.05, 0.1) is 6.61 Å². The van der Waals surface area contributed by atoms with Gasteiger partial charge in [0.1, 0.15) is 23.9 Å². The van der Waals surface area contributed by atoms with E-state index in [4.69, 9.17) is 19.3 Å². The van der Waals surface area contributed by atoms with Crippen LogP contribution in [0.5, 0.6) is 0 Å². The molecule has 0 saturated carbocycles. The van der Waals surface area contributed by atoms with Crippen LogP contribution in [0.1, 0.15) is 22.1 Å². The van der Waals surface area contributed by atoms with Crippen LogP contribution in [-0.2, 0) is 42.9 Å². The number of aliphatic hydroxyl groups excluding tert-OH is 1. The number of phosphoric ester groups is 1. The maximum absolute atomic E-state index is 12.6. The summed E-state index contributed by atoms with van der Waals surface area (Å²) in [5, 5.41) is 13.1. The predicted octanol–water partition coefficient (Wildman–Crippen LogP) is -0.917. The molecule has 2 heterocycles. The largest absolute Gasteiger partial charge is 0.490 e. The van der Waals surface area contributed by atoms with Crippen molar-refractivity contribution in [2.45, 2.75) is 31.1 Å². The summed E-state index contributed by atoms with van der Waals surface area (Å²) >= 11 is 0. The number of benzene rings is 1. The van der Waals surface area contributed by atoms with Gasteiger partial charge in [0.25, 0.3) is 11.5 Å². The van der Waals surface area contributed by atoms with Crippen molar-refractivity contribution in [1.82, 2.24) is 14.9 Å². The highest BCUT2D eigenvalue weighted by Crippen LogP contribution is 2.66. The fourth-order valence-electron chi connectivity index (χ4n) is 3.52. The molecule has 1 aromatic heterocycles. The van der Waals surface area contributed by atoms with Crippen molar-refractivity contribution in [3.05, 3.63) is 68.5 Å². The molecule has 0 radical (unpaired) electrons.